The number of amides is 3. The highest BCUT2D eigenvalue weighted by Gasteiger charge is 2.46. The van der Waals surface area contributed by atoms with E-state index in [0.717, 1.165) is 32.1 Å². The third-order valence-electron chi connectivity index (χ3n) is 11.9. The zero-order valence-corrected chi connectivity index (χ0v) is 34.6. The molecule has 0 unspecified atom stereocenters. The van der Waals surface area contributed by atoms with Crippen LogP contribution in [0.5, 0.6) is 5.75 Å². The quantitative estimate of drug-likeness (QED) is 0.356. The van der Waals surface area contributed by atoms with Gasteiger partial charge in [0.1, 0.15) is 23.1 Å². The lowest BCUT2D eigenvalue weighted by Gasteiger charge is -2.47. The largest absolute Gasteiger partial charge is 0.490 e. The van der Waals surface area contributed by atoms with Gasteiger partial charge in [-0.1, -0.05) is 23.7 Å². The molecule has 3 aliphatic heterocycles. The number of ether oxygens (including phenoxy) is 4. The lowest BCUT2D eigenvalue weighted by molar-refractivity contribution is -0.139. The average molecular weight is 813 g/mol. The van der Waals surface area contributed by atoms with Crippen molar-refractivity contribution < 1.29 is 41.7 Å². The van der Waals surface area contributed by atoms with Crippen LogP contribution in [0.3, 0.4) is 0 Å². The predicted molar refractivity (Wildman–Crippen MR) is 211 cm³/mol. The molecule has 7 rings (SSSR count). The summed E-state index contributed by atoms with van der Waals surface area (Å²) < 4.78 is 53.9. The van der Waals surface area contributed by atoms with Gasteiger partial charge in [0.15, 0.2) is 0 Å². The molecule has 1 N–H and O–H groups in total. The van der Waals surface area contributed by atoms with E-state index in [1.165, 1.54) is 35.9 Å². The van der Waals surface area contributed by atoms with Crippen LogP contribution in [0.15, 0.2) is 53.4 Å². The third kappa shape index (κ3) is 8.20. The van der Waals surface area contributed by atoms with Crippen LogP contribution in [0.25, 0.3) is 0 Å². The molecule has 3 amide bonds. The SMILES string of the molecule is CN(C(=O)OC(C)(C)C)C1CN(C(=O)O[C@H]2/C=C\COC(C)(C)C(=O)NS(=O)(=O)c3ccc4c(c3)N(C[C@@H]3CC[C@H]32)C[C@@]2(CCCc3cc(Cl)ccc32)CO4)C1. The Morgan fingerprint density at radius 1 is 1.07 bits per heavy atom. The molecule has 2 aromatic carbocycles. The Morgan fingerprint density at radius 3 is 2.55 bits per heavy atom. The summed E-state index contributed by atoms with van der Waals surface area (Å²) >= 11 is 6.45. The summed E-state index contributed by atoms with van der Waals surface area (Å²) in [6.45, 7) is 10.6. The molecule has 1 saturated heterocycles. The summed E-state index contributed by atoms with van der Waals surface area (Å²) in [5.74, 6) is -0.223. The molecule has 2 fully saturated rings. The van der Waals surface area contributed by atoms with Crippen molar-refractivity contribution in [3.05, 3.63) is 64.7 Å². The van der Waals surface area contributed by atoms with Gasteiger partial charge in [-0.25, -0.2) is 22.7 Å². The number of rotatable bonds is 2. The Hall–Kier alpha value is -4.01. The fourth-order valence-corrected chi connectivity index (χ4v) is 9.72. The second-order valence-corrected chi connectivity index (χ2v) is 19.5. The number of anilines is 1. The van der Waals surface area contributed by atoms with Crippen LogP contribution in [0, 0.1) is 11.8 Å². The Balaban J connectivity index is 1.18. The number of halogens is 1. The van der Waals surface area contributed by atoms with Crippen molar-refractivity contribution in [3.8, 4) is 5.75 Å². The van der Waals surface area contributed by atoms with Gasteiger partial charge < -0.3 is 33.6 Å². The van der Waals surface area contributed by atoms with Crippen LogP contribution in [0.4, 0.5) is 15.3 Å². The molecular weight excluding hydrogens is 760 g/mol. The first-order valence-electron chi connectivity index (χ1n) is 19.4. The second-order valence-electron chi connectivity index (χ2n) is 17.4. The van der Waals surface area contributed by atoms with Crippen molar-refractivity contribution in [1.82, 2.24) is 14.5 Å². The minimum Gasteiger partial charge on any atom is -0.490 e. The number of likely N-dealkylation sites (N-methyl/N-ethyl adjacent to an activating group) is 1. The van der Waals surface area contributed by atoms with E-state index in [9.17, 15) is 22.8 Å². The van der Waals surface area contributed by atoms with Crippen molar-refractivity contribution in [1.29, 1.82) is 0 Å². The van der Waals surface area contributed by atoms with Gasteiger partial charge in [-0.2, -0.15) is 0 Å². The molecule has 2 aromatic rings. The Kier molecular flexibility index (Phi) is 10.8. The van der Waals surface area contributed by atoms with Crippen LogP contribution >= 0.6 is 11.6 Å². The predicted octanol–water partition coefficient (Wildman–Crippen LogP) is 6.07. The number of fused-ring (bicyclic) bond motifs is 4. The van der Waals surface area contributed by atoms with Gasteiger partial charge in [-0.05, 0) is 120 Å². The number of likely N-dealkylation sites (tertiary alicyclic amines) is 1. The summed E-state index contributed by atoms with van der Waals surface area (Å²) in [5, 5.41) is 0.684. The maximum Gasteiger partial charge on any atom is 0.410 e. The molecule has 1 spiro atoms. The van der Waals surface area contributed by atoms with Gasteiger partial charge in [-0.3, -0.25) is 4.79 Å². The number of benzene rings is 2. The molecule has 5 aliphatic rings. The number of carbonyl (C=O) groups is 3. The summed E-state index contributed by atoms with van der Waals surface area (Å²) in [6.07, 6.45) is 6.43. The number of nitrogens with zero attached hydrogens (tertiary/aromatic N) is 3. The first-order chi connectivity index (χ1) is 26.3. The van der Waals surface area contributed by atoms with E-state index in [4.69, 9.17) is 30.5 Å². The second kappa shape index (κ2) is 15.1. The van der Waals surface area contributed by atoms with Crippen LogP contribution in [0.2, 0.25) is 5.02 Å². The number of carbonyl (C=O) groups excluding carboxylic acids is 3. The summed E-state index contributed by atoms with van der Waals surface area (Å²) in [4.78, 5) is 44.9. The number of nitrogens with one attached hydrogen (secondary N) is 1. The fourth-order valence-electron chi connectivity index (χ4n) is 8.41. The average Bonchev–Trinajstić information content (AvgIpc) is 3.23. The van der Waals surface area contributed by atoms with Gasteiger partial charge >= 0.3 is 12.2 Å². The summed E-state index contributed by atoms with van der Waals surface area (Å²) in [6, 6.07) is 10.6. The standard InChI is InChI=1S/C41H53ClN4O9S/c1-39(2,3)55-37(48)44(6)29-22-45(23-29)38(49)54-34-10-8-18-53-40(4,5)36(47)43-56(50,51)30-13-16-35-33(20-30)46(21-27-11-14-31(27)34)24-41(25-52-35)17-7-9-26-19-28(42)12-15-32(26)41/h8,10,12-13,15-16,19-20,27,29,31,34H,7,9,11,14,17-18,21-25H2,1-6H3,(H,43,47)/b10-8-/t27-,31+,34-,41-/m0/s1. The van der Waals surface area contributed by atoms with Gasteiger partial charge in [0, 0.05) is 49.6 Å². The monoisotopic (exact) mass is 812 g/mol. The fraction of sp³-hybridized carbons (Fsp3) is 0.585. The van der Waals surface area contributed by atoms with Gasteiger partial charge in [0.2, 0.25) is 0 Å². The van der Waals surface area contributed by atoms with Gasteiger partial charge in [0.05, 0.1) is 29.8 Å². The molecule has 13 nitrogen and oxygen atoms in total. The van der Waals surface area contributed by atoms with Crippen molar-refractivity contribution in [2.24, 2.45) is 11.8 Å². The number of hydrogen-bond acceptors (Lipinski definition) is 10. The minimum atomic E-state index is -4.28. The number of aryl methyl sites for hydroxylation is 1. The van der Waals surface area contributed by atoms with E-state index in [1.807, 2.05) is 39.0 Å². The molecule has 4 atom stereocenters. The zero-order valence-electron chi connectivity index (χ0n) is 33.0. The highest BCUT2D eigenvalue weighted by molar-refractivity contribution is 7.90. The van der Waals surface area contributed by atoms with Crippen LogP contribution in [-0.4, -0.2) is 106 Å². The number of hydrogen-bond donors (Lipinski definition) is 1. The van der Waals surface area contributed by atoms with Crippen molar-refractivity contribution in [3.63, 3.8) is 0 Å². The highest BCUT2D eigenvalue weighted by atomic mass is 35.5. The van der Waals surface area contributed by atoms with E-state index in [-0.39, 0.29) is 29.4 Å². The molecule has 1 saturated carbocycles. The third-order valence-corrected chi connectivity index (χ3v) is 13.5. The number of sulfonamides is 1. The molecule has 15 heteroatoms. The topological polar surface area (TPSA) is 144 Å². The van der Waals surface area contributed by atoms with E-state index >= 15 is 0 Å². The Bertz CT molecular complexity index is 2010. The zero-order chi connectivity index (χ0) is 40.2. The smallest absolute Gasteiger partial charge is 0.410 e. The Morgan fingerprint density at radius 2 is 1.84 bits per heavy atom. The maximum absolute atomic E-state index is 13.7. The van der Waals surface area contributed by atoms with Gasteiger partial charge in [-0.15, -0.1) is 0 Å². The van der Waals surface area contributed by atoms with Crippen LogP contribution in [0.1, 0.15) is 71.4 Å². The normalized spacial score (nSPS) is 27.8. The lowest BCUT2D eigenvalue weighted by Crippen LogP contribution is -2.62. The van der Waals surface area contributed by atoms with Crippen LogP contribution < -0.4 is 14.4 Å². The molecule has 3 heterocycles. The highest BCUT2D eigenvalue weighted by Crippen LogP contribution is 2.47. The van der Waals surface area contributed by atoms with Crippen molar-refractivity contribution >= 4 is 45.4 Å². The first-order valence-corrected chi connectivity index (χ1v) is 21.3. The maximum atomic E-state index is 13.7. The van der Waals surface area contributed by atoms with Crippen LogP contribution in [-0.2, 0) is 40.9 Å². The van der Waals surface area contributed by atoms with E-state index in [1.54, 1.807) is 30.2 Å². The molecule has 2 aliphatic carbocycles. The minimum absolute atomic E-state index is 0.0212. The molecule has 304 valence electrons. The summed E-state index contributed by atoms with van der Waals surface area (Å²) in [7, 11) is -2.61. The van der Waals surface area contributed by atoms with Crippen molar-refractivity contribution in [2.75, 3.05) is 51.3 Å². The van der Waals surface area contributed by atoms with E-state index < -0.39 is 50.8 Å². The molecule has 56 heavy (non-hydrogen) atoms. The molecule has 0 aromatic heterocycles. The Labute approximate surface area is 334 Å². The molecule has 0 radical (unpaired) electrons. The van der Waals surface area contributed by atoms with E-state index in [0.29, 0.717) is 49.2 Å². The lowest BCUT2D eigenvalue weighted by atomic mass is 9.68. The summed E-state index contributed by atoms with van der Waals surface area (Å²) in [5.41, 5.74) is 0.462. The van der Waals surface area contributed by atoms with Gasteiger partial charge in [0.25, 0.3) is 15.9 Å². The molecule has 2 bridgehead atoms. The first kappa shape index (κ1) is 40.2. The van der Waals surface area contributed by atoms with Crippen molar-refractivity contribution in [2.45, 2.75) is 100 Å². The molecular formula is C41H53ClN4O9S. The van der Waals surface area contributed by atoms with E-state index in [2.05, 4.69) is 15.7 Å².